The minimum absolute atomic E-state index is 0. The first kappa shape index (κ1) is 21.0. The summed E-state index contributed by atoms with van der Waals surface area (Å²) in [4.78, 5) is 16.9. The van der Waals surface area contributed by atoms with Crippen molar-refractivity contribution >= 4 is 30.7 Å². The molecule has 0 bridgehead atoms. The van der Waals surface area contributed by atoms with E-state index in [4.69, 9.17) is 5.73 Å². The number of nitrogens with two attached hydrogens (primary N) is 1. The lowest BCUT2D eigenvalue weighted by Gasteiger charge is -2.33. The lowest BCUT2D eigenvalue weighted by Crippen LogP contribution is -2.44. The van der Waals surface area contributed by atoms with Crippen molar-refractivity contribution < 1.29 is 4.79 Å². The zero-order valence-corrected chi connectivity index (χ0v) is 14.8. The highest BCUT2D eigenvalue weighted by Gasteiger charge is 2.30. The number of halogens is 2. The molecule has 2 N–H and O–H groups in total. The first-order chi connectivity index (χ1) is 9.16. The molecule has 21 heavy (non-hydrogen) atoms. The van der Waals surface area contributed by atoms with Gasteiger partial charge in [0.25, 0.3) is 0 Å². The third-order valence-electron chi connectivity index (χ3n) is 4.43. The molecule has 2 fully saturated rings. The van der Waals surface area contributed by atoms with Crippen LogP contribution in [0.5, 0.6) is 0 Å². The molecule has 2 heterocycles. The Hall–Kier alpha value is -0.0300. The van der Waals surface area contributed by atoms with E-state index >= 15 is 0 Å². The molecule has 0 aromatic rings. The van der Waals surface area contributed by atoms with Gasteiger partial charge in [0.1, 0.15) is 0 Å². The summed E-state index contributed by atoms with van der Waals surface area (Å²) in [6.45, 7) is 6.46. The Morgan fingerprint density at radius 2 is 1.81 bits per heavy atom. The maximum Gasteiger partial charge on any atom is 0.222 e. The first-order valence-corrected chi connectivity index (χ1v) is 7.94. The molecule has 0 aromatic heterocycles. The van der Waals surface area contributed by atoms with E-state index in [-0.39, 0.29) is 30.9 Å². The molecular weight excluding hydrogens is 309 g/mol. The highest BCUT2D eigenvalue weighted by atomic mass is 35.5. The minimum atomic E-state index is 0. The Morgan fingerprint density at radius 3 is 2.43 bits per heavy atom. The molecule has 2 aliphatic rings. The van der Waals surface area contributed by atoms with E-state index in [1.807, 2.05) is 6.92 Å². The van der Waals surface area contributed by atoms with Gasteiger partial charge in [0, 0.05) is 31.6 Å². The molecule has 2 saturated heterocycles. The second-order valence-corrected chi connectivity index (χ2v) is 6.26. The molecule has 2 rings (SSSR count). The van der Waals surface area contributed by atoms with Gasteiger partial charge in [0.15, 0.2) is 0 Å². The molecule has 2 aliphatic heterocycles. The maximum atomic E-state index is 12.3. The summed E-state index contributed by atoms with van der Waals surface area (Å²) in [5.74, 6) is 0.316. The van der Waals surface area contributed by atoms with Crippen LogP contribution >= 0.6 is 24.8 Å². The average Bonchev–Trinajstić information content (AvgIpc) is 2.85. The minimum Gasteiger partial charge on any atom is -0.338 e. The summed E-state index contributed by atoms with van der Waals surface area (Å²) in [5.41, 5.74) is 5.74. The molecule has 1 amide bonds. The van der Waals surface area contributed by atoms with Gasteiger partial charge in [-0.3, -0.25) is 4.79 Å². The molecule has 0 aliphatic carbocycles. The monoisotopic (exact) mass is 339 g/mol. The van der Waals surface area contributed by atoms with Crippen LogP contribution < -0.4 is 5.73 Å². The lowest BCUT2D eigenvalue weighted by molar-refractivity contribution is -0.132. The third kappa shape index (κ3) is 6.72. The van der Waals surface area contributed by atoms with Crippen molar-refractivity contribution in [3.05, 3.63) is 0 Å². The fourth-order valence-electron chi connectivity index (χ4n) is 3.29. The van der Waals surface area contributed by atoms with E-state index in [0.29, 0.717) is 18.4 Å². The topological polar surface area (TPSA) is 49.6 Å². The van der Waals surface area contributed by atoms with Crippen LogP contribution in [0.3, 0.4) is 0 Å². The summed E-state index contributed by atoms with van der Waals surface area (Å²) in [5, 5.41) is 0. The summed E-state index contributed by atoms with van der Waals surface area (Å²) in [6, 6.07) is 0.589. The third-order valence-corrected chi connectivity index (χ3v) is 4.43. The molecule has 0 radical (unpaired) electrons. The van der Waals surface area contributed by atoms with Crippen LogP contribution in [0.1, 0.15) is 51.9 Å². The number of nitrogens with zero attached hydrogens (tertiary/aromatic N) is 2. The van der Waals surface area contributed by atoms with Gasteiger partial charge in [0.05, 0.1) is 0 Å². The summed E-state index contributed by atoms with van der Waals surface area (Å²) >= 11 is 0. The van der Waals surface area contributed by atoms with Crippen molar-refractivity contribution in [2.45, 2.75) is 64.0 Å². The summed E-state index contributed by atoms with van der Waals surface area (Å²) in [7, 11) is 0. The maximum absolute atomic E-state index is 12.3. The van der Waals surface area contributed by atoms with Crippen molar-refractivity contribution in [2.75, 3.05) is 26.2 Å². The fourth-order valence-corrected chi connectivity index (χ4v) is 3.29. The highest BCUT2D eigenvalue weighted by Crippen LogP contribution is 2.21. The molecule has 4 nitrogen and oxygen atoms in total. The molecule has 0 aromatic carbocycles. The SMILES string of the molecule is CC(N)CCC(=O)N1CCCC1CN1CCCCC1.Cl.Cl. The second-order valence-electron chi connectivity index (χ2n) is 6.26. The van der Waals surface area contributed by atoms with Crippen LogP contribution in [0, 0.1) is 0 Å². The molecule has 0 spiro atoms. The van der Waals surface area contributed by atoms with Crippen molar-refractivity contribution in [3.63, 3.8) is 0 Å². The van der Waals surface area contributed by atoms with Gasteiger partial charge in [-0.05, 0) is 52.1 Å². The van der Waals surface area contributed by atoms with E-state index in [0.717, 1.165) is 19.5 Å². The molecule has 2 unspecified atom stereocenters. The van der Waals surface area contributed by atoms with Gasteiger partial charge < -0.3 is 15.5 Å². The van der Waals surface area contributed by atoms with Crippen LogP contribution in [0.2, 0.25) is 0 Å². The number of hydrogen-bond donors (Lipinski definition) is 1. The zero-order valence-electron chi connectivity index (χ0n) is 13.1. The van der Waals surface area contributed by atoms with Gasteiger partial charge in [-0.15, -0.1) is 24.8 Å². The van der Waals surface area contributed by atoms with Gasteiger partial charge in [-0.2, -0.15) is 0 Å². The zero-order chi connectivity index (χ0) is 13.7. The van der Waals surface area contributed by atoms with Crippen molar-refractivity contribution in [1.29, 1.82) is 0 Å². The van der Waals surface area contributed by atoms with Crippen LogP contribution in [0.25, 0.3) is 0 Å². The van der Waals surface area contributed by atoms with Gasteiger partial charge in [-0.25, -0.2) is 0 Å². The van der Waals surface area contributed by atoms with Gasteiger partial charge in [0.2, 0.25) is 5.91 Å². The van der Waals surface area contributed by atoms with Crippen molar-refractivity contribution in [1.82, 2.24) is 9.80 Å². The van der Waals surface area contributed by atoms with E-state index in [9.17, 15) is 4.79 Å². The van der Waals surface area contributed by atoms with Crippen LogP contribution in [0.4, 0.5) is 0 Å². The van der Waals surface area contributed by atoms with Crippen molar-refractivity contribution in [3.8, 4) is 0 Å². The van der Waals surface area contributed by atoms with Crippen molar-refractivity contribution in [2.24, 2.45) is 5.73 Å². The number of likely N-dealkylation sites (tertiary alicyclic amines) is 2. The van der Waals surface area contributed by atoms with E-state index in [1.54, 1.807) is 0 Å². The number of carbonyl (C=O) groups excluding carboxylic acids is 1. The van der Waals surface area contributed by atoms with Crippen LogP contribution in [0.15, 0.2) is 0 Å². The van der Waals surface area contributed by atoms with Gasteiger partial charge >= 0.3 is 0 Å². The van der Waals surface area contributed by atoms with Gasteiger partial charge in [-0.1, -0.05) is 6.42 Å². The molecule has 126 valence electrons. The second kappa shape index (κ2) is 10.7. The molecular formula is C15H31Cl2N3O. The van der Waals surface area contributed by atoms with Crippen LogP contribution in [-0.2, 0) is 4.79 Å². The molecule has 0 saturated carbocycles. The Balaban J connectivity index is 0.00000200. The Kier molecular flexibility index (Phi) is 10.6. The van der Waals surface area contributed by atoms with E-state index in [2.05, 4.69) is 9.80 Å². The summed E-state index contributed by atoms with van der Waals surface area (Å²) < 4.78 is 0. The number of rotatable bonds is 5. The fraction of sp³-hybridized carbons (Fsp3) is 0.933. The number of hydrogen-bond acceptors (Lipinski definition) is 3. The quantitative estimate of drug-likeness (QED) is 0.836. The predicted octanol–water partition coefficient (Wildman–Crippen LogP) is 2.43. The molecule has 6 heteroatoms. The van der Waals surface area contributed by atoms with E-state index in [1.165, 1.54) is 45.2 Å². The van der Waals surface area contributed by atoms with E-state index < -0.39 is 0 Å². The number of piperidine rings is 1. The Morgan fingerprint density at radius 1 is 1.14 bits per heavy atom. The number of amides is 1. The van der Waals surface area contributed by atoms with Crippen LogP contribution in [-0.4, -0.2) is 54.0 Å². The summed E-state index contributed by atoms with van der Waals surface area (Å²) in [6.07, 6.45) is 7.80. The largest absolute Gasteiger partial charge is 0.338 e. The number of carbonyl (C=O) groups is 1. The Bertz CT molecular complexity index is 297. The predicted molar refractivity (Wildman–Crippen MR) is 92.4 cm³/mol. The highest BCUT2D eigenvalue weighted by molar-refractivity contribution is 5.85. The smallest absolute Gasteiger partial charge is 0.222 e. The standard InChI is InChI=1S/C15H29N3O.2ClH/c1-13(16)7-8-15(19)18-11-5-6-14(18)12-17-9-3-2-4-10-17;;/h13-14H,2-12,16H2,1H3;2*1H. The first-order valence-electron chi connectivity index (χ1n) is 7.94. The lowest BCUT2D eigenvalue weighted by atomic mass is 10.1. The molecule has 2 atom stereocenters. The Labute approximate surface area is 141 Å². The normalized spacial score (nSPS) is 24.1. The average molecular weight is 340 g/mol.